The highest BCUT2D eigenvalue weighted by molar-refractivity contribution is 5.91. The predicted molar refractivity (Wildman–Crippen MR) is 146 cm³/mol. The molecular formula is C30H46F2N4O3. The Morgan fingerprint density at radius 1 is 1.13 bits per heavy atom. The van der Waals surface area contributed by atoms with Gasteiger partial charge >= 0.3 is 6.09 Å². The Morgan fingerprint density at radius 3 is 2.64 bits per heavy atom. The summed E-state index contributed by atoms with van der Waals surface area (Å²) in [5.41, 5.74) is 8.18. The van der Waals surface area contributed by atoms with Gasteiger partial charge in [-0.3, -0.25) is 9.63 Å². The largest absolute Gasteiger partial charge is 0.436 e. The van der Waals surface area contributed by atoms with E-state index in [1.165, 1.54) is 10.5 Å². The Morgan fingerprint density at radius 2 is 1.92 bits per heavy atom. The molecule has 1 heterocycles. The third kappa shape index (κ3) is 5.18. The normalized spacial score (nSPS) is 39.4. The van der Waals surface area contributed by atoms with E-state index in [0.29, 0.717) is 30.0 Å². The van der Waals surface area contributed by atoms with E-state index in [1.807, 2.05) is 13.0 Å². The number of amides is 1. The first-order valence-electron chi connectivity index (χ1n) is 15.0. The third-order valence-electron chi connectivity index (χ3n) is 11.4. The van der Waals surface area contributed by atoms with E-state index in [1.54, 1.807) is 0 Å². The zero-order chi connectivity index (χ0) is 28.0. The van der Waals surface area contributed by atoms with Gasteiger partial charge in [0.1, 0.15) is 0 Å². The minimum Gasteiger partial charge on any atom is -0.329 e. The maximum atomic E-state index is 14.0. The second kappa shape index (κ2) is 10.8. The highest BCUT2D eigenvalue weighted by Gasteiger charge is 2.59. The van der Waals surface area contributed by atoms with Gasteiger partial charge in [0, 0.05) is 44.9 Å². The fraction of sp³-hybridized carbons (Fsp3) is 0.833. The van der Waals surface area contributed by atoms with E-state index in [9.17, 15) is 18.4 Å². The minimum absolute atomic E-state index is 0.111. The number of ketones is 1. The van der Waals surface area contributed by atoms with Crippen molar-refractivity contribution in [2.24, 2.45) is 45.4 Å². The number of hydrogen-bond acceptors (Lipinski definition) is 6. The third-order valence-corrected chi connectivity index (χ3v) is 11.4. The van der Waals surface area contributed by atoms with E-state index >= 15 is 0 Å². The van der Waals surface area contributed by atoms with Gasteiger partial charge in [-0.05, 0) is 93.0 Å². The van der Waals surface area contributed by atoms with E-state index in [2.05, 4.69) is 24.3 Å². The van der Waals surface area contributed by atoms with Crippen LogP contribution in [0.4, 0.5) is 13.6 Å². The molecule has 0 spiro atoms. The van der Waals surface area contributed by atoms with Crippen molar-refractivity contribution in [1.82, 2.24) is 10.2 Å². The molecule has 3 saturated carbocycles. The molecule has 0 bridgehead atoms. The van der Waals surface area contributed by atoms with Crippen LogP contribution in [0, 0.1) is 34.5 Å². The highest BCUT2D eigenvalue weighted by atomic mass is 19.3. The molecule has 7 nitrogen and oxygen atoms in total. The van der Waals surface area contributed by atoms with E-state index in [0.717, 1.165) is 50.7 Å². The number of halogens is 2. The van der Waals surface area contributed by atoms with Crippen molar-refractivity contribution < 1.29 is 23.2 Å². The van der Waals surface area contributed by atoms with Crippen molar-refractivity contribution in [1.29, 1.82) is 0 Å². The second-order valence-electron chi connectivity index (χ2n) is 13.3. The molecule has 0 aromatic carbocycles. The first kappa shape index (κ1) is 28.7. The summed E-state index contributed by atoms with van der Waals surface area (Å²) in [5, 5.41) is 7.15. The van der Waals surface area contributed by atoms with Crippen molar-refractivity contribution in [2.45, 2.75) is 96.9 Å². The first-order chi connectivity index (χ1) is 18.5. The number of nitrogens with zero attached hydrogens (tertiary/aromatic N) is 2. The number of carbonyl (C=O) groups is 2. The number of fused-ring (bicyclic) bond motifs is 5. The summed E-state index contributed by atoms with van der Waals surface area (Å²) in [6, 6.07) is -0.941. The molecule has 0 radical (unpaired) electrons. The summed E-state index contributed by atoms with van der Waals surface area (Å²) >= 11 is 0. The van der Waals surface area contributed by atoms with Crippen molar-refractivity contribution in [3.63, 3.8) is 0 Å². The average molecular weight is 549 g/mol. The number of allylic oxidation sites excluding steroid dienone is 1. The molecule has 4 fully saturated rings. The SMILES string of the molecule is C/C(=N\OC(=O)N(CCN)CCC1NCCC1(F)F)[C@H]1CC[C@H]2[C@@H]3CCC4=CC(=O)CC[C@]4(C)[C@H]3CC[C@]12C. The molecule has 4 aliphatic carbocycles. The number of oxime groups is 1. The van der Waals surface area contributed by atoms with E-state index in [-0.39, 0.29) is 55.8 Å². The van der Waals surface area contributed by atoms with Crippen LogP contribution >= 0.6 is 0 Å². The van der Waals surface area contributed by atoms with Crippen LogP contribution < -0.4 is 11.1 Å². The van der Waals surface area contributed by atoms with Crippen molar-refractivity contribution in [3.8, 4) is 0 Å². The van der Waals surface area contributed by atoms with Gasteiger partial charge in [-0.1, -0.05) is 24.6 Å². The number of nitrogens with one attached hydrogen (secondary N) is 1. The standard InChI is InChI=1S/C30H46F2N4O3/c1-19(35-39-27(38)36(17-14-33)16-10-26-30(31,32)13-15-34-26)23-6-7-24-22-5-4-20-18-21(37)8-11-28(20,2)25(22)9-12-29(23,24)3/h18,22-26,34H,4-17,33H2,1-3H3/b35-19+/t22-,23+,24-,25-,26?,28-,29+/m0/s1. The lowest BCUT2D eigenvalue weighted by atomic mass is 9.46. The lowest BCUT2D eigenvalue weighted by Crippen LogP contribution is -2.51. The monoisotopic (exact) mass is 548 g/mol. The van der Waals surface area contributed by atoms with Crippen LogP contribution in [0.25, 0.3) is 0 Å². The van der Waals surface area contributed by atoms with Crippen LogP contribution in [-0.2, 0) is 9.63 Å². The van der Waals surface area contributed by atoms with Crippen molar-refractivity contribution >= 4 is 17.6 Å². The van der Waals surface area contributed by atoms with Crippen LogP contribution in [-0.4, -0.2) is 60.6 Å². The summed E-state index contributed by atoms with van der Waals surface area (Å²) in [6.45, 7) is 7.65. The number of nitrogens with two attached hydrogens (primary N) is 1. The summed E-state index contributed by atoms with van der Waals surface area (Å²) in [4.78, 5) is 31.8. The van der Waals surface area contributed by atoms with Gasteiger partial charge < -0.3 is 16.0 Å². The Balaban J connectivity index is 1.23. The zero-order valence-corrected chi connectivity index (χ0v) is 23.8. The quantitative estimate of drug-likeness (QED) is 0.256. The topological polar surface area (TPSA) is 97.0 Å². The van der Waals surface area contributed by atoms with Gasteiger partial charge in [-0.2, -0.15) is 0 Å². The molecule has 9 heteroatoms. The average Bonchev–Trinajstić information content (AvgIpc) is 3.43. The van der Waals surface area contributed by atoms with Gasteiger partial charge in [-0.25, -0.2) is 13.6 Å². The molecule has 0 aromatic rings. The van der Waals surface area contributed by atoms with Gasteiger partial charge in [0.25, 0.3) is 5.92 Å². The fourth-order valence-electron chi connectivity index (χ4n) is 9.26. The molecule has 1 aliphatic heterocycles. The van der Waals surface area contributed by atoms with E-state index in [4.69, 9.17) is 10.6 Å². The van der Waals surface area contributed by atoms with Gasteiger partial charge in [0.2, 0.25) is 0 Å². The predicted octanol–water partition coefficient (Wildman–Crippen LogP) is 5.30. The minimum atomic E-state index is -2.76. The fourth-order valence-corrected chi connectivity index (χ4v) is 9.26. The second-order valence-corrected chi connectivity index (χ2v) is 13.3. The number of alkyl halides is 2. The summed E-state index contributed by atoms with van der Waals surface area (Å²) in [5.74, 6) is -0.332. The maximum Gasteiger partial charge on any atom is 0.436 e. The van der Waals surface area contributed by atoms with Crippen LogP contribution in [0.5, 0.6) is 0 Å². The maximum absolute atomic E-state index is 14.0. The zero-order valence-electron chi connectivity index (χ0n) is 23.8. The summed E-state index contributed by atoms with van der Waals surface area (Å²) in [7, 11) is 0. The number of hydrogen-bond donors (Lipinski definition) is 2. The molecule has 5 rings (SSSR count). The first-order valence-corrected chi connectivity index (χ1v) is 15.0. The molecular weight excluding hydrogens is 502 g/mol. The van der Waals surface area contributed by atoms with Crippen molar-refractivity contribution in [2.75, 3.05) is 26.2 Å². The molecule has 5 aliphatic rings. The van der Waals surface area contributed by atoms with Crippen LogP contribution in [0.1, 0.15) is 85.0 Å². The summed E-state index contributed by atoms with van der Waals surface area (Å²) < 4.78 is 28.0. The molecule has 39 heavy (non-hydrogen) atoms. The van der Waals surface area contributed by atoms with Crippen LogP contribution in [0.15, 0.2) is 16.8 Å². The van der Waals surface area contributed by atoms with Gasteiger partial charge in [0.15, 0.2) is 5.78 Å². The Kier molecular flexibility index (Phi) is 7.96. The lowest BCUT2D eigenvalue weighted by Gasteiger charge is -2.58. The Labute approximate surface area is 231 Å². The van der Waals surface area contributed by atoms with Gasteiger partial charge in [-0.15, -0.1) is 0 Å². The van der Waals surface area contributed by atoms with Gasteiger partial charge in [0.05, 0.1) is 11.8 Å². The molecule has 1 unspecified atom stereocenters. The molecule has 3 N–H and O–H groups in total. The molecule has 1 amide bonds. The van der Waals surface area contributed by atoms with Crippen molar-refractivity contribution in [3.05, 3.63) is 11.6 Å². The highest BCUT2D eigenvalue weighted by Crippen LogP contribution is 2.66. The number of rotatable bonds is 7. The van der Waals surface area contributed by atoms with Crippen LogP contribution in [0.2, 0.25) is 0 Å². The number of carbonyl (C=O) groups excluding carboxylic acids is 2. The Hall–Kier alpha value is -1.87. The Bertz CT molecular complexity index is 1030. The molecule has 218 valence electrons. The lowest BCUT2D eigenvalue weighted by molar-refractivity contribution is -0.117. The van der Waals surface area contributed by atoms with E-state index < -0.39 is 18.1 Å². The molecule has 1 saturated heterocycles. The summed E-state index contributed by atoms with van der Waals surface area (Å²) in [6.07, 6.45) is 9.59. The smallest absolute Gasteiger partial charge is 0.329 e. The van der Waals surface area contributed by atoms with Crippen LogP contribution in [0.3, 0.4) is 0 Å². The molecule has 7 atom stereocenters. The molecule has 0 aromatic heterocycles.